The lowest BCUT2D eigenvalue weighted by atomic mass is 9.94. The summed E-state index contributed by atoms with van der Waals surface area (Å²) in [6.07, 6.45) is 0.134. The van der Waals surface area contributed by atoms with E-state index in [9.17, 15) is 9.59 Å². The van der Waals surface area contributed by atoms with Crippen molar-refractivity contribution < 1.29 is 19.8 Å². The zero-order valence-electron chi connectivity index (χ0n) is 7.28. The van der Waals surface area contributed by atoms with Gasteiger partial charge >= 0.3 is 11.9 Å². The van der Waals surface area contributed by atoms with E-state index >= 15 is 0 Å². The first kappa shape index (κ1) is 10.9. The number of carbonyl (C=O) groups is 2. The summed E-state index contributed by atoms with van der Waals surface area (Å²) in [5.74, 6) is -2.61. The molecule has 70 valence electrons. The molecule has 12 heavy (non-hydrogen) atoms. The van der Waals surface area contributed by atoms with E-state index in [0.29, 0.717) is 6.42 Å². The molecule has 0 radical (unpaired) electrons. The molecule has 0 aliphatic carbocycles. The van der Waals surface area contributed by atoms with Gasteiger partial charge in [0.05, 0.1) is 12.3 Å². The Morgan fingerprint density at radius 2 is 1.75 bits per heavy atom. The lowest BCUT2D eigenvalue weighted by Crippen LogP contribution is -2.19. The van der Waals surface area contributed by atoms with Crippen molar-refractivity contribution in [3.8, 4) is 0 Å². The highest BCUT2D eigenvalue weighted by molar-refractivity contribution is 5.77. The van der Waals surface area contributed by atoms with E-state index in [1.54, 1.807) is 0 Å². The van der Waals surface area contributed by atoms with Crippen LogP contribution in [0.25, 0.3) is 0 Å². The molecule has 0 bridgehead atoms. The van der Waals surface area contributed by atoms with Gasteiger partial charge in [-0.05, 0) is 12.3 Å². The van der Waals surface area contributed by atoms with Crippen LogP contribution in [0.4, 0.5) is 0 Å². The molecule has 0 aromatic rings. The number of carboxylic acid groups (broad SMARTS) is 2. The predicted molar refractivity (Wildman–Crippen MR) is 42.8 cm³/mol. The van der Waals surface area contributed by atoms with E-state index in [2.05, 4.69) is 0 Å². The molecule has 0 unspecified atom stereocenters. The number of carboxylic acids is 2. The maximum absolute atomic E-state index is 10.5. The zero-order chi connectivity index (χ0) is 9.72. The summed E-state index contributed by atoms with van der Waals surface area (Å²) in [5, 5.41) is 17.0. The van der Waals surface area contributed by atoms with Crippen molar-refractivity contribution in [1.82, 2.24) is 0 Å². The van der Waals surface area contributed by atoms with Gasteiger partial charge in [-0.25, -0.2) is 0 Å². The second-order valence-corrected chi connectivity index (χ2v) is 3.26. The van der Waals surface area contributed by atoms with E-state index < -0.39 is 17.9 Å². The molecule has 0 aromatic heterocycles. The van der Waals surface area contributed by atoms with Gasteiger partial charge in [-0.1, -0.05) is 13.8 Å². The van der Waals surface area contributed by atoms with E-state index in [-0.39, 0.29) is 12.3 Å². The van der Waals surface area contributed by atoms with Gasteiger partial charge in [-0.3, -0.25) is 9.59 Å². The van der Waals surface area contributed by atoms with Gasteiger partial charge in [0.15, 0.2) is 0 Å². The quantitative estimate of drug-likeness (QED) is 0.656. The fraction of sp³-hybridized carbons (Fsp3) is 0.750. The molecule has 0 amide bonds. The molecule has 0 spiro atoms. The van der Waals surface area contributed by atoms with Crippen LogP contribution in [0, 0.1) is 11.8 Å². The molecule has 0 saturated heterocycles. The summed E-state index contributed by atoms with van der Waals surface area (Å²) >= 11 is 0. The van der Waals surface area contributed by atoms with Crippen LogP contribution >= 0.6 is 0 Å². The summed E-state index contributed by atoms with van der Waals surface area (Å²) in [6, 6.07) is 0. The second kappa shape index (κ2) is 4.74. The average molecular weight is 174 g/mol. The maximum Gasteiger partial charge on any atom is 0.307 e. The largest absolute Gasteiger partial charge is 0.481 e. The highest BCUT2D eigenvalue weighted by Gasteiger charge is 2.21. The monoisotopic (exact) mass is 174 g/mol. The number of hydrogen-bond donors (Lipinski definition) is 2. The minimum Gasteiger partial charge on any atom is -0.481 e. The first-order valence-corrected chi connectivity index (χ1v) is 3.88. The molecule has 2 N–H and O–H groups in total. The topological polar surface area (TPSA) is 74.6 Å². The molecule has 0 fully saturated rings. The molecule has 4 heteroatoms. The van der Waals surface area contributed by atoms with E-state index in [4.69, 9.17) is 10.2 Å². The summed E-state index contributed by atoms with van der Waals surface area (Å²) < 4.78 is 0. The van der Waals surface area contributed by atoms with Crippen LogP contribution in [0.3, 0.4) is 0 Å². The van der Waals surface area contributed by atoms with Crippen LogP contribution in [-0.2, 0) is 9.59 Å². The van der Waals surface area contributed by atoms with Gasteiger partial charge in [0, 0.05) is 0 Å². The van der Waals surface area contributed by atoms with Crippen molar-refractivity contribution in [3.05, 3.63) is 0 Å². The Balaban J connectivity index is 4.04. The van der Waals surface area contributed by atoms with Gasteiger partial charge in [0.25, 0.3) is 0 Å². The Morgan fingerprint density at radius 1 is 1.25 bits per heavy atom. The standard InChI is InChI=1S/C8H14O4/c1-5(2)3-6(8(11)12)4-7(9)10/h5-6H,3-4H2,1-2H3,(H,9,10)(H,11,12)/t6-/m1/s1. The predicted octanol–water partition coefficient (Wildman–Crippen LogP) is 1.21. The van der Waals surface area contributed by atoms with E-state index in [1.165, 1.54) is 0 Å². The minimum absolute atomic E-state index is 0.213. The first-order chi connectivity index (χ1) is 5.43. The lowest BCUT2D eigenvalue weighted by Gasteiger charge is -2.11. The Labute approximate surface area is 71.2 Å². The fourth-order valence-corrected chi connectivity index (χ4v) is 1.05. The van der Waals surface area contributed by atoms with Crippen molar-refractivity contribution in [2.45, 2.75) is 26.7 Å². The first-order valence-electron chi connectivity index (χ1n) is 3.88. The summed E-state index contributed by atoms with van der Waals surface area (Å²) in [4.78, 5) is 20.7. The van der Waals surface area contributed by atoms with Gasteiger partial charge in [0.1, 0.15) is 0 Å². The smallest absolute Gasteiger partial charge is 0.307 e. The molecule has 0 saturated carbocycles. The molecule has 0 aliphatic rings. The van der Waals surface area contributed by atoms with Crippen LogP contribution < -0.4 is 0 Å². The van der Waals surface area contributed by atoms with Gasteiger partial charge in [-0.2, -0.15) is 0 Å². The van der Waals surface area contributed by atoms with Crippen molar-refractivity contribution in [2.24, 2.45) is 11.8 Å². The summed E-state index contributed by atoms with van der Waals surface area (Å²) in [5.41, 5.74) is 0. The molecule has 0 rings (SSSR count). The maximum atomic E-state index is 10.5. The fourth-order valence-electron chi connectivity index (χ4n) is 1.05. The molecule has 4 nitrogen and oxygen atoms in total. The molecule has 0 aromatic carbocycles. The minimum atomic E-state index is -1.05. The van der Waals surface area contributed by atoms with Crippen LogP contribution in [0.2, 0.25) is 0 Å². The summed E-state index contributed by atoms with van der Waals surface area (Å²) in [7, 11) is 0. The van der Waals surface area contributed by atoms with Crippen LogP contribution in [0.15, 0.2) is 0 Å². The Morgan fingerprint density at radius 3 is 2.00 bits per heavy atom. The van der Waals surface area contributed by atoms with Crippen molar-refractivity contribution in [3.63, 3.8) is 0 Å². The number of aliphatic carboxylic acids is 2. The molecule has 0 aliphatic heterocycles. The van der Waals surface area contributed by atoms with Gasteiger partial charge < -0.3 is 10.2 Å². The van der Waals surface area contributed by atoms with Crippen LogP contribution in [0.1, 0.15) is 26.7 Å². The summed E-state index contributed by atoms with van der Waals surface area (Å²) in [6.45, 7) is 3.75. The average Bonchev–Trinajstić information content (AvgIpc) is 1.83. The molecular formula is C8H14O4. The number of rotatable bonds is 5. The lowest BCUT2D eigenvalue weighted by molar-refractivity contribution is -0.148. The van der Waals surface area contributed by atoms with Crippen molar-refractivity contribution >= 4 is 11.9 Å². The van der Waals surface area contributed by atoms with E-state index in [0.717, 1.165) is 0 Å². The SMILES string of the molecule is CC(C)C[C@H](CC(=O)O)C(=O)O. The second-order valence-electron chi connectivity index (χ2n) is 3.26. The normalized spacial score (nSPS) is 12.9. The Hall–Kier alpha value is -1.06. The van der Waals surface area contributed by atoms with Gasteiger partial charge in [0.2, 0.25) is 0 Å². The zero-order valence-corrected chi connectivity index (χ0v) is 7.28. The number of hydrogen-bond acceptors (Lipinski definition) is 2. The van der Waals surface area contributed by atoms with E-state index in [1.807, 2.05) is 13.8 Å². The Bertz CT molecular complexity index is 174. The third-order valence-electron chi connectivity index (χ3n) is 1.53. The third-order valence-corrected chi connectivity index (χ3v) is 1.53. The van der Waals surface area contributed by atoms with Crippen LogP contribution in [0.5, 0.6) is 0 Å². The molecular weight excluding hydrogens is 160 g/mol. The highest BCUT2D eigenvalue weighted by Crippen LogP contribution is 2.15. The molecule has 0 heterocycles. The van der Waals surface area contributed by atoms with Crippen molar-refractivity contribution in [2.75, 3.05) is 0 Å². The van der Waals surface area contributed by atoms with Gasteiger partial charge in [-0.15, -0.1) is 0 Å². The third kappa shape index (κ3) is 4.71. The Kier molecular flexibility index (Phi) is 4.33. The molecule has 1 atom stereocenters. The van der Waals surface area contributed by atoms with Crippen LogP contribution in [-0.4, -0.2) is 22.2 Å². The highest BCUT2D eigenvalue weighted by atomic mass is 16.4. The van der Waals surface area contributed by atoms with Crippen molar-refractivity contribution in [1.29, 1.82) is 0 Å².